The van der Waals surface area contributed by atoms with Gasteiger partial charge in [0.05, 0.1) is 0 Å². The largest absolute Gasteiger partial charge is 0.440 e. The molecular formula is C14H17NO2. The molecule has 2 aromatic rings. The molecule has 0 atom stereocenters. The molecule has 90 valence electrons. The summed E-state index contributed by atoms with van der Waals surface area (Å²) in [5.74, 6) is 1.12. The van der Waals surface area contributed by atoms with E-state index in [1.54, 1.807) is 6.07 Å². The standard InChI is InChI=1S/C14H17NO2/c1-8(2)13(16)10-5-6-12-11(7-10)15-14(17-12)9(3)4/h5-9H,1-4H3. The Bertz CT molecular complexity index is 552. The number of hydrogen-bond donors (Lipinski definition) is 0. The predicted molar refractivity (Wildman–Crippen MR) is 67.3 cm³/mol. The second-order valence-electron chi connectivity index (χ2n) is 4.91. The zero-order chi connectivity index (χ0) is 12.6. The summed E-state index contributed by atoms with van der Waals surface area (Å²) in [7, 11) is 0. The van der Waals surface area contributed by atoms with E-state index in [0.29, 0.717) is 11.5 Å². The Morgan fingerprint density at radius 3 is 2.53 bits per heavy atom. The van der Waals surface area contributed by atoms with E-state index in [4.69, 9.17) is 4.42 Å². The highest BCUT2D eigenvalue weighted by atomic mass is 16.3. The molecule has 0 aliphatic carbocycles. The molecule has 3 heteroatoms. The summed E-state index contributed by atoms with van der Waals surface area (Å²) in [6.07, 6.45) is 0. The van der Waals surface area contributed by atoms with Gasteiger partial charge in [-0.15, -0.1) is 0 Å². The second-order valence-corrected chi connectivity index (χ2v) is 4.91. The minimum absolute atomic E-state index is 0.00363. The molecule has 0 radical (unpaired) electrons. The number of benzene rings is 1. The van der Waals surface area contributed by atoms with Gasteiger partial charge < -0.3 is 4.42 Å². The van der Waals surface area contributed by atoms with Gasteiger partial charge in [0.25, 0.3) is 0 Å². The number of oxazole rings is 1. The van der Waals surface area contributed by atoms with Crippen LogP contribution < -0.4 is 0 Å². The van der Waals surface area contributed by atoms with Crippen molar-refractivity contribution in [1.82, 2.24) is 4.98 Å². The first-order chi connectivity index (χ1) is 7.99. The minimum atomic E-state index is 0.00363. The first-order valence-electron chi connectivity index (χ1n) is 5.93. The molecule has 0 unspecified atom stereocenters. The number of aromatic nitrogens is 1. The fourth-order valence-corrected chi connectivity index (χ4v) is 1.68. The lowest BCUT2D eigenvalue weighted by molar-refractivity contribution is 0.0939. The summed E-state index contributed by atoms with van der Waals surface area (Å²) < 4.78 is 5.60. The fraction of sp³-hybridized carbons (Fsp3) is 0.429. The van der Waals surface area contributed by atoms with Crippen LogP contribution in [-0.4, -0.2) is 10.8 Å². The topological polar surface area (TPSA) is 43.1 Å². The van der Waals surface area contributed by atoms with Crippen LogP contribution >= 0.6 is 0 Å². The Kier molecular flexibility index (Phi) is 3.01. The Balaban J connectivity index is 2.47. The van der Waals surface area contributed by atoms with Gasteiger partial charge in [-0.1, -0.05) is 27.7 Å². The smallest absolute Gasteiger partial charge is 0.198 e. The first-order valence-corrected chi connectivity index (χ1v) is 5.93. The van der Waals surface area contributed by atoms with E-state index in [1.807, 2.05) is 39.8 Å². The van der Waals surface area contributed by atoms with Gasteiger partial charge in [-0.05, 0) is 18.2 Å². The van der Waals surface area contributed by atoms with E-state index >= 15 is 0 Å². The van der Waals surface area contributed by atoms with Gasteiger partial charge in [0.1, 0.15) is 5.52 Å². The summed E-state index contributed by atoms with van der Waals surface area (Å²) in [4.78, 5) is 16.3. The lowest BCUT2D eigenvalue weighted by atomic mass is 10.0. The van der Waals surface area contributed by atoms with E-state index in [1.165, 1.54) is 0 Å². The van der Waals surface area contributed by atoms with Crippen LogP contribution in [0.25, 0.3) is 11.1 Å². The highest BCUT2D eigenvalue weighted by molar-refractivity contribution is 5.99. The van der Waals surface area contributed by atoms with E-state index in [9.17, 15) is 4.79 Å². The quantitative estimate of drug-likeness (QED) is 0.755. The van der Waals surface area contributed by atoms with Crippen molar-refractivity contribution in [3.8, 4) is 0 Å². The SMILES string of the molecule is CC(C)C(=O)c1ccc2oc(C(C)C)nc2c1. The van der Waals surface area contributed by atoms with Crippen molar-refractivity contribution < 1.29 is 9.21 Å². The molecule has 2 rings (SSSR count). The van der Waals surface area contributed by atoms with Gasteiger partial charge >= 0.3 is 0 Å². The van der Waals surface area contributed by atoms with Crippen LogP contribution in [0.2, 0.25) is 0 Å². The maximum Gasteiger partial charge on any atom is 0.198 e. The second kappa shape index (κ2) is 4.32. The lowest BCUT2D eigenvalue weighted by Gasteiger charge is -2.02. The van der Waals surface area contributed by atoms with Crippen molar-refractivity contribution in [2.75, 3.05) is 0 Å². The Hall–Kier alpha value is -1.64. The summed E-state index contributed by atoms with van der Waals surface area (Å²) in [6.45, 7) is 7.86. The van der Waals surface area contributed by atoms with Crippen LogP contribution in [-0.2, 0) is 0 Å². The molecule has 17 heavy (non-hydrogen) atoms. The van der Waals surface area contributed by atoms with Crippen molar-refractivity contribution in [1.29, 1.82) is 0 Å². The van der Waals surface area contributed by atoms with E-state index in [-0.39, 0.29) is 17.6 Å². The van der Waals surface area contributed by atoms with Gasteiger partial charge in [0, 0.05) is 17.4 Å². The fourth-order valence-electron chi connectivity index (χ4n) is 1.68. The molecule has 0 saturated carbocycles. The molecule has 0 amide bonds. The third-order valence-electron chi connectivity index (χ3n) is 2.71. The third kappa shape index (κ3) is 2.23. The number of Topliss-reactive ketones (excluding diaryl/α,β-unsaturated/α-hetero) is 1. The van der Waals surface area contributed by atoms with Crippen LogP contribution in [0, 0.1) is 5.92 Å². The molecule has 1 aromatic carbocycles. The third-order valence-corrected chi connectivity index (χ3v) is 2.71. The van der Waals surface area contributed by atoms with Crippen molar-refractivity contribution in [3.63, 3.8) is 0 Å². The zero-order valence-electron chi connectivity index (χ0n) is 10.7. The molecule has 1 aromatic heterocycles. The van der Waals surface area contributed by atoms with E-state index in [0.717, 1.165) is 11.1 Å². The lowest BCUT2D eigenvalue weighted by Crippen LogP contribution is -2.06. The molecule has 0 spiro atoms. The molecule has 3 nitrogen and oxygen atoms in total. The first kappa shape index (κ1) is 11.8. The number of carbonyl (C=O) groups is 1. The van der Waals surface area contributed by atoms with Crippen molar-refractivity contribution in [2.45, 2.75) is 33.6 Å². The van der Waals surface area contributed by atoms with Crippen LogP contribution in [0.4, 0.5) is 0 Å². The molecule has 0 aliphatic rings. The molecule has 0 fully saturated rings. The zero-order valence-corrected chi connectivity index (χ0v) is 10.7. The molecule has 0 N–H and O–H groups in total. The highest BCUT2D eigenvalue weighted by Crippen LogP contribution is 2.22. The van der Waals surface area contributed by atoms with E-state index < -0.39 is 0 Å². The average molecular weight is 231 g/mol. The number of fused-ring (bicyclic) bond motifs is 1. The summed E-state index contributed by atoms with van der Waals surface area (Å²) in [5, 5.41) is 0. The minimum Gasteiger partial charge on any atom is -0.440 e. The number of ketones is 1. The van der Waals surface area contributed by atoms with Gasteiger partial charge in [-0.3, -0.25) is 4.79 Å². The summed E-state index contributed by atoms with van der Waals surface area (Å²) in [5.41, 5.74) is 2.21. The Morgan fingerprint density at radius 2 is 1.94 bits per heavy atom. The monoisotopic (exact) mass is 231 g/mol. The summed E-state index contributed by atoms with van der Waals surface area (Å²) in [6, 6.07) is 5.44. The molecule has 0 bridgehead atoms. The Morgan fingerprint density at radius 1 is 1.24 bits per heavy atom. The van der Waals surface area contributed by atoms with Crippen LogP contribution in [0.15, 0.2) is 22.6 Å². The maximum absolute atomic E-state index is 11.9. The van der Waals surface area contributed by atoms with Crippen molar-refractivity contribution in [2.24, 2.45) is 5.92 Å². The number of carbonyl (C=O) groups excluding carboxylic acids is 1. The maximum atomic E-state index is 11.9. The average Bonchev–Trinajstić information content (AvgIpc) is 2.70. The van der Waals surface area contributed by atoms with E-state index in [2.05, 4.69) is 4.98 Å². The predicted octanol–water partition coefficient (Wildman–Crippen LogP) is 3.79. The number of nitrogens with zero attached hydrogens (tertiary/aromatic N) is 1. The van der Waals surface area contributed by atoms with Crippen LogP contribution in [0.1, 0.15) is 49.9 Å². The molecule has 0 saturated heterocycles. The van der Waals surface area contributed by atoms with Gasteiger partial charge in [0.15, 0.2) is 17.3 Å². The Labute approximate surface area is 101 Å². The van der Waals surface area contributed by atoms with Crippen molar-refractivity contribution >= 4 is 16.9 Å². The highest BCUT2D eigenvalue weighted by Gasteiger charge is 2.14. The van der Waals surface area contributed by atoms with Crippen LogP contribution in [0.5, 0.6) is 0 Å². The molecule has 0 aliphatic heterocycles. The van der Waals surface area contributed by atoms with Gasteiger partial charge in [-0.2, -0.15) is 0 Å². The number of hydrogen-bond acceptors (Lipinski definition) is 3. The summed E-state index contributed by atoms with van der Waals surface area (Å²) >= 11 is 0. The van der Waals surface area contributed by atoms with Crippen molar-refractivity contribution in [3.05, 3.63) is 29.7 Å². The molecular weight excluding hydrogens is 214 g/mol. The van der Waals surface area contributed by atoms with Gasteiger partial charge in [0.2, 0.25) is 0 Å². The normalized spacial score (nSPS) is 11.6. The van der Waals surface area contributed by atoms with Crippen LogP contribution in [0.3, 0.4) is 0 Å². The number of rotatable bonds is 3. The van der Waals surface area contributed by atoms with Gasteiger partial charge in [-0.25, -0.2) is 4.98 Å². The molecule has 1 heterocycles.